The normalized spacial score (nSPS) is 28.1. The second kappa shape index (κ2) is 4.39. The second-order valence-corrected chi connectivity index (χ2v) is 6.58. The Morgan fingerprint density at radius 3 is 2.88 bits per heavy atom. The number of nitrogens with one attached hydrogen (secondary N) is 1. The highest BCUT2D eigenvalue weighted by atomic mass is 79.9. The van der Waals surface area contributed by atoms with Crippen LogP contribution in [0, 0.1) is 5.92 Å². The Hall–Kier alpha value is 0.0700. The topological polar surface area (TPSA) is 24.9 Å². The van der Waals surface area contributed by atoms with Crippen molar-refractivity contribution in [3.05, 3.63) is 26.9 Å². The highest BCUT2D eigenvalue weighted by Gasteiger charge is 2.40. The molecule has 1 aromatic heterocycles. The predicted octanol–water partition coefficient (Wildman–Crippen LogP) is 3.46. The molecule has 1 N–H and O–H groups in total. The van der Waals surface area contributed by atoms with Crippen LogP contribution in [0.25, 0.3) is 0 Å². The van der Waals surface area contributed by atoms with Crippen LogP contribution in [0.2, 0.25) is 0 Å². The van der Waals surface area contributed by atoms with Gasteiger partial charge in [0.1, 0.15) is 0 Å². The summed E-state index contributed by atoms with van der Waals surface area (Å²) in [7, 11) is 0. The van der Waals surface area contributed by atoms with E-state index in [2.05, 4.69) is 48.2 Å². The van der Waals surface area contributed by atoms with E-state index >= 15 is 0 Å². The lowest BCUT2D eigenvalue weighted by molar-refractivity contribution is 0.621. The van der Waals surface area contributed by atoms with Gasteiger partial charge >= 0.3 is 0 Å². The molecule has 16 heavy (non-hydrogen) atoms. The average molecular weight is 346 g/mol. The number of aromatic nitrogens is 1. The molecular formula is C12H14Br2N2. The highest BCUT2D eigenvalue weighted by molar-refractivity contribution is 9.11. The minimum absolute atomic E-state index is 0.661. The Morgan fingerprint density at radius 2 is 2.19 bits per heavy atom. The van der Waals surface area contributed by atoms with Crippen molar-refractivity contribution in [2.24, 2.45) is 5.92 Å². The summed E-state index contributed by atoms with van der Waals surface area (Å²) in [4.78, 5) is 4.51. The average Bonchev–Trinajstić information content (AvgIpc) is 3.11. The van der Waals surface area contributed by atoms with Crippen molar-refractivity contribution >= 4 is 31.9 Å². The van der Waals surface area contributed by atoms with Gasteiger partial charge in [0.05, 0.1) is 5.69 Å². The summed E-state index contributed by atoms with van der Waals surface area (Å²) >= 11 is 7.03. The van der Waals surface area contributed by atoms with Crippen molar-refractivity contribution < 1.29 is 0 Å². The first-order valence-electron chi connectivity index (χ1n) is 5.78. The standard InChI is InChI=1S/C12H14Br2N2/c13-8-4-11(14)12(16-6-8)10-3-7(10)5-15-9-1-2-9/h4,6-7,9-10,15H,1-3,5H2. The van der Waals surface area contributed by atoms with Crippen LogP contribution in [0.15, 0.2) is 21.2 Å². The Balaban J connectivity index is 1.61. The van der Waals surface area contributed by atoms with Crippen molar-refractivity contribution in [2.75, 3.05) is 6.54 Å². The van der Waals surface area contributed by atoms with Crippen molar-refractivity contribution in [1.82, 2.24) is 10.3 Å². The van der Waals surface area contributed by atoms with Gasteiger partial charge in [-0.25, -0.2) is 0 Å². The number of hydrogen-bond donors (Lipinski definition) is 1. The molecule has 2 saturated carbocycles. The van der Waals surface area contributed by atoms with E-state index in [1.165, 1.54) is 31.5 Å². The van der Waals surface area contributed by atoms with E-state index in [0.717, 1.165) is 20.9 Å². The fourth-order valence-corrected chi connectivity index (χ4v) is 3.39. The lowest BCUT2D eigenvalue weighted by Gasteiger charge is -2.04. The SMILES string of the molecule is Brc1cnc(C2CC2CNC2CC2)c(Br)c1. The first kappa shape index (κ1) is 11.2. The quantitative estimate of drug-likeness (QED) is 0.903. The largest absolute Gasteiger partial charge is 0.314 e. The molecule has 1 aromatic rings. The van der Waals surface area contributed by atoms with Crippen molar-refractivity contribution in [1.29, 1.82) is 0 Å². The number of nitrogens with zero attached hydrogens (tertiary/aromatic N) is 1. The van der Waals surface area contributed by atoms with E-state index < -0.39 is 0 Å². The molecule has 0 aliphatic heterocycles. The number of halogens is 2. The smallest absolute Gasteiger partial charge is 0.0580 e. The van der Waals surface area contributed by atoms with Gasteiger partial charge in [0.25, 0.3) is 0 Å². The van der Waals surface area contributed by atoms with Crippen LogP contribution in [0.5, 0.6) is 0 Å². The zero-order chi connectivity index (χ0) is 11.1. The van der Waals surface area contributed by atoms with Crippen LogP contribution in [0.1, 0.15) is 30.9 Å². The first-order chi connectivity index (χ1) is 7.74. The Morgan fingerprint density at radius 1 is 1.38 bits per heavy atom. The van der Waals surface area contributed by atoms with Gasteiger partial charge in [-0.3, -0.25) is 4.98 Å². The van der Waals surface area contributed by atoms with E-state index in [-0.39, 0.29) is 0 Å². The van der Waals surface area contributed by atoms with Gasteiger partial charge in [-0.15, -0.1) is 0 Å². The second-order valence-electron chi connectivity index (χ2n) is 4.81. The molecule has 0 radical (unpaired) electrons. The van der Waals surface area contributed by atoms with Gasteiger partial charge in [-0.1, -0.05) is 0 Å². The lowest BCUT2D eigenvalue weighted by Crippen LogP contribution is -2.19. The molecule has 2 nitrogen and oxygen atoms in total. The molecule has 2 unspecified atom stereocenters. The third-order valence-electron chi connectivity index (χ3n) is 3.36. The first-order valence-corrected chi connectivity index (χ1v) is 7.37. The van der Waals surface area contributed by atoms with E-state index in [0.29, 0.717) is 5.92 Å². The van der Waals surface area contributed by atoms with Crippen LogP contribution in [0.4, 0.5) is 0 Å². The monoisotopic (exact) mass is 344 g/mol. The fraction of sp³-hybridized carbons (Fsp3) is 0.583. The molecular weight excluding hydrogens is 332 g/mol. The zero-order valence-corrected chi connectivity index (χ0v) is 12.1. The fourth-order valence-electron chi connectivity index (χ4n) is 2.11. The van der Waals surface area contributed by atoms with Gasteiger partial charge in [0.15, 0.2) is 0 Å². The number of pyridine rings is 1. The van der Waals surface area contributed by atoms with E-state index in [4.69, 9.17) is 0 Å². The summed E-state index contributed by atoms with van der Waals surface area (Å²) in [6, 6.07) is 2.91. The Bertz CT molecular complexity index is 404. The zero-order valence-electron chi connectivity index (χ0n) is 8.92. The molecule has 4 heteroatoms. The Labute approximate surface area is 112 Å². The maximum Gasteiger partial charge on any atom is 0.0580 e. The van der Waals surface area contributed by atoms with Gasteiger partial charge < -0.3 is 5.32 Å². The summed E-state index contributed by atoms with van der Waals surface area (Å²) in [6.07, 6.45) is 5.92. The summed E-state index contributed by atoms with van der Waals surface area (Å²) in [5.74, 6) is 1.46. The molecule has 2 atom stereocenters. The van der Waals surface area contributed by atoms with E-state index in [1.54, 1.807) is 0 Å². The highest BCUT2D eigenvalue weighted by Crippen LogP contribution is 2.48. The van der Waals surface area contributed by atoms with Gasteiger partial charge in [-0.2, -0.15) is 0 Å². The summed E-state index contributed by atoms with van der Waals surface area (Å²) in [5.41, 5.74) is 1.23. The van der Waals surface area contributed by atoms with E-state index in [1.807, 2.05) is 6.20 Å². The maximum atomic E-state index is 4.51. The molecule has 0 aromatic carbocycles. The van der Waals surface area contributed by atoms with Gasteiger partial charge in [0.2, 0.25) is 0 Å². The molecule has 2 aliphatic carbocycles. The third-order valence-corrected chi connectivity index (χ3v) is 4.42. The van der Waals surface area contributed by atoms with Crippen molar-refractivity contribution in [3.63, 3.8) is 0 Å². The molecule has 2 aliphatic rings. The number of hydrogen-bond acceptors (Lipinski definition) is 2. The summed E-state index contributed by atoms with van der Waals surface area (Å²) in [6.45, 7) is 1.17. The van der Waals surface area contributed by atoms with Crippen LogP contribution in [0.3, 0.4) is 0 Å². The van der Waals surface area contributed by atoms with Crippen LogP contribution in [-0.4, -0.2) is 17.6 Å². The summed E-state index contributed by atoms with van der Waals surface area (Å²) in [5, 5.41) is 3.60. The predicted molar refractivity (Wildman–Crippen MR) is 71.5 cm³/mol. The minimum atomic E-state index is 0.661. The minimum Gasteiger partial charge on any atom is -0.314 e. The van der Waals surface area contributed by atoms with Crippen molar-refractivity contribution in [3.8, 4) is 0 Å². The Kier molecular flexibility index (Phi) is 3.07. The maximum absolute atomic E-state index is 4.51. The molecule has 1 heterocycles. The third kappa shape index (κ3) is 2.49. The molecule has 0 spiro atoms. The van der Waals surface area contributed by atoms with Gasteiger partial charge in [0, 0.05) is 27.1 Å². The van der Waals surface area contributed by atoms with Crippen LogP contribution >= 0.6 is 31.9 Å². The van der Waals surface area contributed by atoms with Crippen LogP contribution < -0.4 is 5.32 Å². The molecule has 3 rings (SSSR count). The summed E-state index contributed by atoms with van der Waals surface area (Å²) < 4.78 is 2.18. The molecule has 2 fully saturated rings. The molecule has 0 saturated heterocycles. The number of rotatable bonds is 4. The lowest BCUT2D eigenvalue weighted by atomic mass is 10.2. The van der Waals surface area contributed by atoms with Crippen LogP contribution in [-0.2, 0) is 0 Å². The van der Waals surface area contributed by atoms with Gasteiger partial charge in [-0.05, 0) is 69.7 Å². The molecule has 86 valence electrons. The molecule has 0 bridgehead atoms. The van der Waals surface area contributed by atoms with E-state index in [9.17, 15) is 0 Å². The van der Waals surface area contributed by atoms with Crippen molar-refractivity contribution in [2.45, 2.75) is 31.2 Å². The molecule has 0 amide bonds.